The molecule has 0 saturated carbocycles. The van der Waals surface area contributed by atoms with Gasteiger partial charge in [0.15, 0.2) is 0 Å². The first-order valence-electron chi connectivity index (χ1n) is 11.7. The molecule has 4 rings (SSSR count). The normalized spacial score (nSPS) is 19.8. The molecular weight excluding hydrogens is 402 g/mol. The van der Waals surface area contributed by atoms with E-state index in [1.807, 2.05) is 12.2 Å². The van der Waals surface area contributed by atoms with E-state index in [-0.39, 0.29) is 0 Å². The zero-order valence-electron chi connectivity index (χ0n) is 19.3. The highest BCUT2D eigenvalue weighted by molar-refractivity contribution is 5.86. The molecule has 1 aromatic heterocycles. The summed E-state index contributed by atoms with van der Waals surface area (Å²) in [5.74, 6) is 1.16. The van der Waals surface area contributed by atoms with Crippen LogP contribution in [0.25, 0.3) is 11.0 Å². The predicted octanol–water partition coefficient (Wildman–Crippen LogP) is 2.89. The van der Waals surface area contributed by atoms with Crippen molar-refractivity contribution in [1.29, 1.82) is 0 Å². The molecule has 2 aromatic rings. The Kier molecular flexibility index (Phi) is 7.60. The maximum atomic E-state index is 10.3. The Morgan fingerprint density at radius 1 is 1.22 bits per heavy atom. The van der Waals surface area contributed by atoms with Crippen LogP contribution in [0.5, 0.6) is 0 Å². The van der Waals surface area contributed by atoms with E-state index < -0.39 is 0 Å². The monoisotopic (exact) mass is 437 g/mol. The molecule has 2 aliphatic heterocycles. The molecule has 1 atom stereocenters. The van der Waals surface area contributed by atoms with Crippen LogP contribution in [0.3, 0.4) is 0 Å². The fourth-order valence-corrected chi connectivity index (χ4v) is 4.69. The Labute approximate surface area is 190 Å². The second-order valence-electron chi connectivity index (χ2n) is 8.67. The zero-order valence-corrected chi connectivity index (χ0v) is 19.3. The van der Waals surface area contributed by atoms with Gasteiger partial charge in [-0.3, -0.25) is 9.69 Å². The molecule has 1 N–H and O–H groups in total. The summed E-state index contributed by atoms with van der Waals surface area (Å²) in [7, 11) is 2.20. The number of benzene rings is 1. The number of hydrogen-bond acceptors (Lipinski definition) is 5. The molecule has 1 saturated heterocycles. The van der Waals surface area contributed by atoms with Crippen LogP contribution in [0.1, 0.15) is 31.2 Å². The Morgan fingerprint density at radius 2 is 2.06 bits per heavy atom. The quantitative estimate of drug-likeness (QED) is 0.483. The van der Waals surface area contributed by atoms with E-state index in [1.54, 1.807) is 6.20 Å². The van der Waals surface area contributed by atoms with Gasteiger partial charge in [0, 0.05) is 63.1 Å². The van der Waals surface area contributed by atoms with Crippen LogP contribution in [-0.2, 0) is 28.9 Å². The smallest absolute Gasteiger partial charge is 0.211 e. The van der Waals surface area contributed by atoms with Crippen molar-refractivity contribution < 1.29 is 9.53 Å². The van der Waals surface area contributed by atoms with Crippen molar-refractivity contribution in [2.24, 2.45) is 0 Å². The Morgan fingerprint density at radius 3 is 2.88 bits per heavy atom. The molecule has 0 radical (unpaired) electrons. The van der Waals surface area contributed by atoms with Gasteiger partial charge in [-0.2, -0.15) is 0 Å². The van der Waals surface area contributed by atoms with Crippen molar-refractivity contribution in [3.8, 4) is 0 Å². The van der Waals surface area contributed by atoms with Crippen molar-refractivity contribution in [2.75, 3.05) is 44.8 Å². The van der Waals surface area contributed by atoms with Gasteiger partial charge in [0.05, 0.1) is 24.2 Å². The summed E-state index contributed by atoms with van der Waals surface area (Å²) in [5, 5.41) is 2.52. The van der Waals surface area contributed by atoms with E-state index in [4.69, 9.17) is 9.72 Å². The summed E-state index contributed by atoms with van der Waals surface area (Å²) in [6.45, 7) is 7.92. The molecule has 7 nitrogen and oxygen atoms in total. The molecular formula is C25H35N5O2. The molecule has 1 fully saturated rings. The number of morpholine rings is 1. The van der Waals surface area contributed by atoms with Crippen LogP contribution in [0.4, 0.5) is 5.69 Å². The highest BCUT2D eigenvalue weighted by Crippen LogP contribution is 2.35. The third kappa shape index (κ3) is 5.05. The minimum absolute atomic E-state index is 0.565. The molecule has 3 heterocycles. The maximum Gasteiger partial charge on any atom is 0.211 e. The van der Waals surface area contributed by atoms with E-state index >= 15 is 0 Å². The van der Waals surface area contributed by atoms with Gasteiger partial charge in [-0.15, -0.1) is 0 Å². The largest absolute Gasteiger partial charge is 0.379 e. The minimum Gasteiger partial charge on any atom is -0.379 e. The number of nitrogens with one attached hydrogen (secondary N) is 1. The average molecular weight is 438 g/mol. The van der Waals surface area contributed by atoms with Crippen molar-refractivity contribution in [3.63, 3.8) is 0 Å². The summed E-state index contributed by atoms with van der Waals surface area (Å²) in [6, 6.07) is 5.12. The lowest BCUT2D eigenvalue weighted by atomic mass is 9.96. The first kappa shape index (κ1) is 22.6. The Balaban J connectivity index is 1.58. The van der Waals surface area contributed by atoms with E-state index in [2.05, 4.69) is 51.9 Å². The summed E-state index contributed by atoms with van der Waals surface area (Å²) < 4.78 is 7.94. The summed E-state index contributed by atoms with van der Waals surface area (Å²) >= 11 is 0. The molecule has 32 heavy (non-hydrogen) atoms. The van der Waals surface area contributed by atoms with Gasteiger partial charge >= 0.3 is 0 Å². The summed E-state index contributed by atoms with van der Waals surface area (Å²) in [6.07, 6.45) is 12.3. The third-order valence-corrected chi connectivity index (χ3v) is 6.72. The lowest BCUT2D eigenvalue weighted by molar-refractivity contribution is -0.108. The lowest BCUT2D eigenvalue weighted by Crippen LogP contribution is -2.38. The van der Waals surface area contributed by atoms with Crippen LogP contribution >= 0.6 is 0 Å². The van der Waals surface area contributed by atoms with Crippen LogP contribution < -0.4 is 10.2 Å². The molecule has 2 aliphatic rings. The van der Waals surface area contributed by atoms with Crippen LogP contribution in [0, 0.1) is 0 Å². The standard InChI is InChI=1S/C25H35N5O2/c1-20-8-9-21-22(28(20)2)10-11-23-25(21)27-24(7-5-3-4-6-12-26-19-31)30(23)14-13-29-15-17-32-18-16-29/h3-4,6,10-12,19-20H,5,7-9,13-18H2,1-2H3,(H,26,31)/b4-3-,12-6-. The first-order chi connectivity index (χ1) is 15.7. The van der Waals surface area contributed by atoms with Crippen molar-refractivity contribution in [3.05, 3.63) is 47.9 Å². The van der Waals surface area contributed by atoms with Crippen molar-refractivity contribution in [1.82, 2.24) is 19.8 Å². The molecule has 0 bridgehead atoms. The second kappa shape index (κ2) is 10.8. The number of carbonyl (C=O) groups is 1. The summed E-state index contributed by atoms with van der Waals surface area (Å²) in [5.41, 5.74) is 5.16. The van der Waals surface area contributed by atoms with E-state index in [1.165, 1.54) is 28.7 Å². The number of hydrogen-bond donors (Lipinski definition) is 1. The van der Waals surface area contributed by atoms with E-state index in [9.17, 15) is 4.79 Å². The number of carbonyl (C=O) groups excluding carboxylic acids is 1. The molecule has 7 heteroatoms. The van der Waals surface area contributed by atoms with Crippen LogP contribution in [-0.4, -0.2) is 66.8 Å². The fraction of sp³-hybridized carbons (Fsp3) is 0.520. The van der Waals surface area contributed by atoms with Gasteiger partial charge in [0.2, 0.25) is 6.41 Å². The topological polar surface area (TPSA) is 62.6 Å². The number of aryl methyl sites for hydroxylation is 2. The van der Waals surface area contributed by atoms with Crippen molar-refractivity contribution in [2.45, 2.75) is 45.2 Å². The van der Waals surface area contributed by atoms with E-state index in [0.29, 0.717) is 12.5 Å². The SMILES string of the molecule is CC1CCc2c(ccc3c2nc(CC/C=C\C=C/NC=O)n3CCN2CCOCC2)N1C. The van der Waals surface area contributed by atoms with Gasteiger partial charge in [0.25, 0.3) is 0 Å². The van der Waals surface area contributed by atoms with Gasteiger partial charge in [0.1, 0.15) is 5.82 Å². The Hall–Kier alpha value is -2.64. The fourth-order valence-electron chi connectivity index (χ4n) is 4.69. The number of imidazole rings is 1. The number of fused-ring (bicyclic) bond motifs is 3. The van der Waals surface area contributed by atoms with Gasteiger partial charge in [-0.1, -0.05) is 12.2 Å². The maximum absolute atomic E-state index is 10.3. The number of allylic oxidation sites excluding steroid dienone is 3. The number of ether oxygens (including phenoxy) is 1. The highest BCUT2D eigenvalue weighted by Gasteiger charge is 2.24. The number of amides is 1. The van der Waals surface area contributed by atoms with Gasteiger partial charge in [-0.05, 0) is 44.4 Å². The first-order valence-corrected chi connectivity index (χ1v) is 11.7. The number of nitrogens with zero attached hydrogens (tertiary/aromatic N) is 4. The van der Waals surface area contributed by atoms with E-state index in [0.717, 1.165) is 64.5 Å². The minimum atomic E-state index is 0.565. The van der Waals surface area contributed by atoms with Gasteiger partial charge in [-0.25, -0.2) is 4.98 Å². The lowest BCUT2D eigenvalue weighted by Gasteiger charge is -2.34. The molecule has 0 aliphatic carbocycles. The number of aromatic nitrogens is 2. The van der Waals surface area contributed by atoms with Crippen molar-refractivity contribution >= 4 is 23.1 Å². The second-order valence-corrected chi connectivity index (χ2v) is 8.67. The molecule has 172 valence electrons. The third-order valence-electron chi connectivity index (χ3n) is 6.72. The number of anilines is 1. The van der Waals surface area contributed by atoms with Gasteiger partial charge < -0.3 is 19.5 Å². The Bertz CT molecular complexity index is 974. The molecule has 1 aromatic carbocycles. The van der Waals surface area contributed by atoms with Crippen LogP contribution in [0.15, 0.2) is 36.6 Å². The molecule has 1 unspecified atom stereocenters. The highest BCUT2D eigenvalue weighted by atomic mass is 16.5. The predicted molar refractivity (Wildman–Crippen MR) is 129 cm³/mol. The number of rotatable bonds is 9. The van der Waals surface area contributed by atoms with Crippen LogP contribution in [0.2, 0.25) is 0 Å². The molecule has 1 amide bonds. The average Bonchev–Trinajstić information content (AvgIpc) is 3.17. The zero-order chi connectivity index (χ0) is 22.3. The summed E-state index contributed by atoms with van der Waals surface area (Å²) in [4.78, 5) is 20.4. The molecule has 0 spiro atoms.